The zero-order valence-corrected chi connectivity index (χ0v) is 38.8. The van der Waals surface area contributed by atoms with Crippen molar-refractivity contribution in [3.63, 3.8) is 0 Å². The normalized spacial score (nSPS) is 12.5. The van der Waals surface area contributed by atoms with E-state index in [0.717, 1.165) is 83.5 Å². The van der Waals surface area contributed by atoms with Crippen molar-refractivity contribution in [1.29, 1.82) is 0 Å². The summed E-state index contributed by atoms with van der Waals surface area (Å²) in [6, 6.07) is 0. The number of allylic oxidation sites excluding steroid dienone is 10. The maximum atomic E-state index is 12.8. The van der Waals surface area contributed by atoms with Crippen LogP contribution in [0.2, 0.25) is 0 Å². The Balaban J connectivity index is 4.47. The van der Waals surface area contributed by atoms with Crippen LogP contribution in [0, 0.1) is 0 Å². The van der Waals surface area contributed by atoms with Crippen molar-refractivity contribution in [1.82, 2.24) is 0 Å². The van der Waals surface area contributed by atoms with Crippen LogP contribution in [0.15, 0.2) is 60.8 Å². The molecular formula is C53H92O6. The molecule has 0 aliphatic heterocycles. The molecule has 0 amide bonds. The standard InChI is InChI=1S/C53H92O6/c1-4-7-10-13-16-19-22-25-28-31-34-37-40-43-46-52(55)58-49-50(48-57-51(54)45-42-39-36-33-30-27-24-21-18-15-12-9-6-3)59-53(56)47-44-41-38-35-32-29-26-23-20-17-14-11-8-5-2/h7,10,16,19,25,27-28,30,36,39,50H,4-6,8-9,11-15,17-18,20-24,26,29,31-35,37-38,40-49H2,1-3H3/b10-7-,19-16-,28-25-,30-27-,39-36-. The highest BCUT2D eigenvalue weighted by Gasteiger charge is 2.19. The van der Waals surface area contributed by atoms with Crippen LogP contribution < -0.4 is 0 Å². The van der Waals surface area contributed by atoms with Crippen molar-refractivity contribution in [2.24, 2.45) is 0 Å². The fraction of sp³-hybridized carbons (Fsp3) is 0.755. The van der Waals surface area contributed by atoms with Gasteiger partial charge in [0.25, 0.3) is 0 Å². The van der Waals surface area contributed by atoms with Gasteiger partial charge in [0.1, 0.15) is 13.2 Å². The van der Waals surface area contributed by atoms with Crippen molar-refractivity contribution in [2.75, 3.05) is 13.2 Å². The maximum Gasteiger partial charge on any atom is 0.306 e. The van der Waals surface area contributed by atoms with Crippen LogP contribution in [0.3, 0.4) is 0 Å². The minimum absolute atomic E-state index is 0.101. The van der Waals surface area contributed by atoms with E-state index in [0.29, 0.717) is 19.3 Å². The molecule has 6 nitrogen and oxygen atoms in total. The Bertz CT molecular complexity index is 1090. The number of carbonyl (C=O) groups excluding carboxylic acids is 3. The zero-order valence-electron chi connectivity index (χ0n) is 38.8. The van der Waals surface area contributed by atoms with E-state index in [1.54, 1.807) is 0 Å². The molecule has 0 spiro atoms. The number of esters is 3. The number of rotatable bonds is 44. The van der Waals surface area contributed by atoms with Crippen molar-refractivity contribution >= 4 is 17.9 Å². The van der Waals surface area contributed by atoms with Crippen LogP contribution >= 0.6 is 0 Å². The molecule has 0 aromatic heterocycles. The van der Waals surface area contributed by atoms with Crippen molar-refractivity contribution in [3.05, 3.63) is 60.8 Å². The molecule has 0 aromatic rings. The number of ether oxygens (including phenoxy) is 3. The van der Waals surface area contributed by atoms with E-state index in [9.17, 15) is 14.4 Å². The van der Waals surface area contributed by atoms with E-state index in [-0.39, 0.29) is 37.5 Å². The van der Waals surface area contributed by atoms with Gasteiger partial charge in [-0.25, -0.2) is 0 Å². The molecule has 0 heterocycles. The second-order valence-corrected chi connectivity index (χ2v) is 16.3. The Morgan fingerprint density at radius 1 is 0.356 bits per heavy atom. The summed E-state index contributed by atoms with van der Waals surface area (Å²) in [5.74, 6) is -0.988. The lowest BCUT2D eigenvalue weighted by molar-refractivity contribution is -0.166. The molecule has 0 radical (unpaired) electrons. The van der Waals surface area contributed by atoms with E-state index in [2.05, 4.69) is 75.5 Å². The van der Waals surface area contributed by atoms with Crippen molar-refractivity contribution in [2.45, 2.75) is 245 Å². The second-order valence-electron chi connectivity index (χ2n) is 16.3. The fourth-order valence-electron chi connectivity index (χ4n) is 6.80. The summed E-state index contributed by atoms with van der Waals surface area (Å²) < 4.78 is 16.7. The minimum Gasteiger partial charge on any atom is -0.462 e. The second kappa shape index (κ2) is 47.8. The number of hydrogen-bond donors (Lipinski definition) is 0. The molecule has 1 unspecified atom stereocenters. The Morgan fingerprint density at radius 2 is 0.695 bits per heavy atom. The summed E-state index contributed by atoms with van der Waals surface area (Å²) in [5, 5.41) is 0. The summed E-state index contributed by atoms with van der Waals surface area (Å²) in [5.41, 5.74) is 0. The Hall–Kier alpha value is -2.89. The quantitative estimate of drug-likeness (QED) is 0.0263. The van der Waals surface area contributed by atoms with Gasteiger partial charge < -0.3 is 14.2 Å². The third-order valence-electron chi connectivity index (χ3n) is 10.5. The van der Waals surface area contributed by atoms with Crippen LogP contribution in [0.5, 0.6) is 0 Å². The largest absolute Gasteiger partial charge is 0.462 e. The fourth-order valence-corrected chi connectivity index (χ4v) is 6.80. The van der Waals surface area contributed by atoms with Crippen molar-refractivity contribution in [3.8, 4) is 0 Å². The molecule has 0 saturated heterocycles. The Labute approximate surface area is 364 Å². The summed E-state index contributed by atoms with van der Waals surface area (Å²) in [6.45, 7) is 6.45. The zero-order chi connectivity index (χ0) is 43.0. The van der Waals surface area contributed by atoms with Crippen molar-refractivity contribution < 1.29 is 28.6 Å². The monoisotopic (exact) mass is 825 g/mol. The smallest absolute Gasteiger partial charge is 0.306 e. The first-order valence-corrected chi connectivity index (χ1v) is 24.8. The van der Waals surface area contributed by atoms with Gasteiger partial charge in [0.2, 0.25) is 0 Å². The van der Waals surface area contributed by atoms with Crippen LogP contribution in [0.1, 0.15) is 239 Å². The van der Waals surface area contributed by atoms with E-state index in [1.165, 1.54) is 109 Å². The first-order chi connectivity index (χ1) is 29.0. The highest BCUT2D eigenvalue weighted by molar-refractivity contribution is 5.71. The number of carbonyl (C=O) groups is 3. The Morgan fingerprint density at radius 3 is 1.14 bits per heavy atom. The lowest BCUT2D eigenvalue weighted by atomic mass is 10.0. The summed E-state index contributed by atoms with van der Waals surface area (Å²) in [4.78, 5) is 37.8. The molecule has 0 aromatic carbocycles. The Kier molecular flexibility index (Phi) is 45.4. The molecule has 6 heteroatoms. The first kappa shape index (κ1) is 56.1. The molecule has 340 valence electrons. The van der Waals surface area contributed by atoms with Gasteiger partial charge in [-0.15, -0.1) is 0 Å². The summed E-state index contributed by atoms with van der Waals surface area (Å²) in [6.07, 6.45) is 57.8. The van der Waals surface area contributed by atoms with Crippen LogP contribution in [-0.2, 0) is 28.6 Å². The van der Waals surface area contributed by atoms with E-state index in [1.807, 2.05) is 6.08 Å². The third kappa shape index (κ3) is 46.0. The molecule has 0 N–H and O–H groups in total. The number of unbranched alkanes of at least 4 members (excludes halogenated alkanes) is 23. The van der Waals surface area contributed by atoms with Gasteiger partial charge >= 0.3 is 17.9 Å². The molecule has 0 bridgehead atoms. The minimum atomic E-state index is -0.802. The predicted molar refractivity (Wildman–Crippen MR) is 251 cm³/mol. The highest BCUT2D eigenvalue weighted by Crippen LogP contribution is 2.15. The number of hydrogen-bond acceptors (Lipinski definition) is 6. The van der Waals surface area contributed by atoms with Crippen LogP contribution in [0.25, 0.3) is 0 Å². The lowest BCUT2D eigenvalue weighted by Gasteiger charge is -2.18. The highest BCUT2D eigenvalue weighted by atomic mass is 16.6. The first-order valence-electron chi connectivity index (χ1n) is 24.8. The average molecular weight is 825 g/mol. The van der Waals surface area contributed by atoms with E-state index in [4.69, 9.17) is 14.2 Å². The average Bonchev–Trinajstić information content (AvgIpc) is 3.23. The summed E-state index contributed by atoms with van der Waals surface area (Å²) in [7, 11) is 0. The van der Waals surface area contributed by atoms with Crippen LogP contribution in [-0.4, -0.2) is 37.2 Å². The van der Waals surface area contributed by atoms with E-state index < -0.39 is 6.10 Å². The van der Waals surface area contributed by atoms with Gasteiger partial charge in [-0.1, -0.05) is 210 Å². The van der Waals surface area contributed by atoms with Gasteiger partial charge in [-0.2, -0.15) is 0 Å². The molecule has 59 heavy (non-hydrogen) atoms. The third-order valence-corrected chi connectivity index (χ3v) is 10.5. The molecular weight excluding hydrogens is 733 g/mol. The molecule has 0 fully saturated rings. The SMILES string of the molecule is CC/C=C\C/C=C\C/C=C\CCCCCCC(=O)OCC(COC(=O)CC/C=C\C/C=C\CCCCCCCC)OC(=O)CCCCCCCCCCCCCCCC. The lowest BCUT2D eigenvalue weighted by Crippen LogP contribution is -2.30. The van der Waals surface area contributed by atoms with Gasteiger partial charge in [-0.05, 0) is 70.6 Å². The molecule has 0 rings (SSSR count). The van der Waals surface area contributed by atoms with Gasteiger partial charge in [-0.3, -0.25) is 14.4 Å². The van der Waals surface area contributed by atoms with Gasteiger partial charge in [0.05, 0.1) is 0 Å². The van der Waals surface area contributed by atoms with Crippen LogP contribution in [0.4, 0.5) is 0 Å². The van der Waals surface area contributed by atoms with E-state index >= 15 is 0 Å². The predicted octanol–water partition coefficient (Wildman–Crippen LogP) is 16.1. The molecule has 0 aliphatic carbocycles. The molecule has 0 aliphatic rings. The maximum absolute atomic E-state index is 12.8. The topological polar surface area (TPSA) is 78.9 Å². The van der Waals surface area contributed by atoms with Gasteiger partial charge in [0.15, 0.2) is 6.10 Å². The molecule has 0 saturated carbocycles. The molecule has 1 atom stereocenters. The summed E-state index contributed by atoms with van der Waals surface area (Å²) >= 11 is 0. The van der Waals surface area contributed by atoms with Gasteiger partial charge in [0, 0.05) is 19.3 Å².